The molecule has 0 atom stereocenters. The molecule has 34 heavy (non-hydrogen) atoms. The van der Waals surface area contributed by atoms with Gasteiger partial charge in [-0.15, -0.1) is 15.3 Å². The Balaban J connectivity index is 1.70. The summed E-state index contributed by atoms with van der Waals surface area (Å²) >= 11 is 1.55. The topological polar surface area (TPSA) is 92.7 Å². The molecule has 7 nitrogen and oxygen atoms in total. The first-order valence-corrected chi connectivity index (χ1v) is 12.5. The van der Waals surface area contributed by atoms with E-state index in [2.05, 4.69) is 64.1 Å². The quantitative estimate of drug-likeness (QED) is 0.184. The third-order valence-electron chi connectivity index (χ3n) is 5.19. The molecule has 2 aromatic rings. The zero-order valence-electron chi connectivity index (χ0n) is 20.8. The third kappa shape index (κ3) is 10.2. The van der Waals surface area contributed by atoms with Crippen molar-refractivity contribution in [2.45, 2.75) is 72.6 Å². The largest absolute Gasteiger partial charge is 0.334 e. The van der Waals surface area contributed by atoms with Crippen molar-refractivity contribution >= 4 is 28.2 Å². The summed E-state index contributed by atoms with van der Waals surface area (Å²) < 4.78 is 0. The Morgan fingerprint density at radius 1 is 1.00 bits per heavy atom. The maximum Gasteiger partial charge on any atom is 0.229 e. The van der Waals surface area contributed by atoms with Gasteiger partial charge in [-0.3, -0.25) is 4.79 Å². The number of unbranched alkanes of at least 4 members (excludes halogenated alkanes) is 1. The molecule has 2 rings (SSSR count). The number of amides is 1. The standard InChI is InChI=1S/C26H36N6OS/c1-7-18(3)15-20(5)16-21(6)27-26-32-31-25(34-26)12-10-9-11-22-13-14-23(30-29-22)28-24(33)17-19(4)8-2/h8,13-15H,5-7,9-12,16-17H2,1-4H3,(H,27,32)(H,28,30,33)/b18-15-,19-8+. The number of aromatic nitrogens is 4. The van der Waals surface area contributed by atoms with Crippen molar-refractivity contribution in [3.8, 4) is 0 Å². The van der Waals surface area contributed by atoms with Gasteiger partial charge in [0.1, 0.15) is 5.01 Å². The molecule has 0 spiro atoms. The maximum absolute atomic E-state index is 11.9. The van der Waals surface area contributed by atoms with E-state index in [1.807, 2.05) is 26.0 Å². The average Bonchev–Trinajstić information content (AvgIpc) is 3.24. The highest BCUT2D eigenvalue weighted by molar-refractivity contribution is 7.15. The second-order valence-corrected chi connectivity index (χ2v) is 9.45. The average molecular weight is 481 g/mol. The van der Waals surface area contributed by atoms with Crippen LogP contribution >= 0.6 is 11.3 Å². The van der Waals surface area contributed by atoms with Gasteiger partial charge in [0.05, 0.1) is 5.69 Å². The smallest absolute Gasteiger partial charge is 0.229 e. The molecule has 0 aromatic carbocycles. The zero-order chi connectivity index (χ0) is 24.9. The lowest BCUT2D eigenvalue weighted by Gasteiger charge is -2.07. The van der Waals surface area contributed by atoms with E-state index in [0.29, 0.717) is 18.7 Å². The SMILES string of the molecule is C=C(/C=C(/C)CC)CC(=C)Nc1nnc(CCCCc2ccc(NC(=O)C/C(C)=C/C)nn2)s1. The van der Waals surface area contributed by atoms with Crippen LogP contribution in [0, 0.1) is 0 Å². The Labute approximate surface area is 207 Å². The number of nitrogens with one attached hydrogen (secondary N) is 2. The van der Waals surface area contributed by atoms with E-state index in [4.69, 9.17) is 0 Å². The molecule has 0 saturated carbocycles. The second kappa shape index (κ2) is 14.2. The van der Waals surface area contributed by atoms with Gasteiger partial charge in [-0.05, 0) is 64.2 Å². The molecule has 182 valence electrons. The minimum absolute atomic E-state index is 0.0829. The van der Waals surface area contributed by atoms with Crippen LogP contribution in [0.2, 0.25) is 0 Å². The molecule has 0 radical (unpaired) electrons. The van der Waals surface area contributed by atoms with Crippen molar-refractivity contribution in [2.24, 2.45) is 0 Å². The minimum Gasteiger partial charge on any atom is -0.334 e. The fraction of sp³-hybridized carbons (Fsp3) is 0.423. The van der Waals surface area contributed by atoms with E-state index in [-0.39, 0.29) is 5.91 Å². The molecule has 2 heterocycles. The van der Waals surface area contributed by atoms with Gasteiger partial charge in [-0.2, -0.15) is 5.10 Å². The first-order chi connectivity index (χ1) is 16.3. The van der Waals surface area contributed by atoms with Gasteiger partial charge in [-0.1, -0.05) is 54.7 Å². The summed E-state index contributed by atoms with van der Waals surface area (Å²) in [5.74, 6) is 0.397. The number of allylic oxidation sites excluding steroid dienone is 4. The van der Waals surface area contributed by atoms with Crippen LogP contribution in [0.1, 0.15) is 70.5 Å². The van der Waals surface area contributed by atoms with Crippen LogP contribution in [0.4, 0.5) is 10.9 Å². The molecule has 2 aromatic heterocycles. The van der Waals surface area contributed by atoms with Crippen molar-refractivity contribution in [3.05, 3.63) is 70.6 Å². The lowest BCUT2D eigenvalue weighted by atomic mass is 10.1. The number of hydrogen-bond donors (Lipinski definition) is 2. The number of aryl methyl sites for hydroxylation is 2. The van der Waals surface area contributed by atoms with Crippen LogP contribution in [-0.2, 0) is 17.6 Å². The van der Waals surface area contributed by atoms with Crippen LogP contribution in [0.15, 0.2) is 59.9 Å². The number of carbonyl (C=O) groups excluding carboxylic acids is 1. The summed E-state index contributed by atoms with van der Waals surface area (Å²) in [5.41, 5.74) is 5.13. The fourth-order valence-corrected chi connectivity index (χ4v) is 3.89. The molecule has 0 aliphatic carbocycles. The van der Waals surface area contributed by atoms with Crippen molar-refractivity contribution in [1.82, 2.24) is 20.4 Å². The van der Waals surface area contributed by atoms with Crippen LogP contribution in [0.5, 0.6) is 0 Å². The number of anilines is 2. The monoisotopic (exact) mass is 480 g/mol. The predicted octanol–water partition coefficient (Wildman–Crippen LogP) is 6.42. The molecular weight excluding hydrogens is 444 g/mol. The van der Waals surface area contributed by atoms with Crippen molar-refractivity contribution < 1.29 is 4.79 Å². The summed E-state index contributed by atoms with van der Waals surface area (Å²) in [6.07, 6.45) is 9.75. The Morgan fingerprint density at radius 2 is 1.76 bits per heavy atom. The van der Waals surface area contributed by atoms with E-state index in [1.54, 1.807) is 17.4 Å². The van der Waals surface area contributed by atoms with E-state index < -0.39 is 0 Å². The lowest BCUT2D eigenvalue weighted by molar-refractivity contribution is -0.115. The first-order valence-electron chi connectivity index (χ1n) is 11.6. The highest BCUT2D eigenvalue weighted by Crippen LogP contribution is 2.21. The van der Waals surface area contributed by atoms with Gasteiger partial charge in [-0.25, -0.2) is 0 Å². The highest BCUT2D eigenvalue weighted by atomic mass is 32.1. The Morgan fingerprint density at radius 3 is 2.44 bits per heavy atom. The van der Waals surface area contributed by atoms with Gasteiger partial charge in [0.15, 0.2) is 5.82 Å². The molecule has 0 saturated heterocycles. The van der Waals surface area contributed by atoms with Crippen LogP contribution in [-0.4, -0.2) is 26.3 Å². The molecule has 2 N–H and O–H groups in total. The van der Waals surface area contributed by atoms with Gasteiger partial charge < -0.3 is 10.6 Å². The summed E-state index contributed by atoms with van der Waals surface area (Å²) in [4.78, 5) is 11.9. The Kier molecular flexibility index (Phi) is 11.3. The molecule has 0 bridgehead atoms. The number of carbonyl (C=O) groups is 1. The Hall–Kier alpha value is -3.13. The summed E-state index contributed by atoms with van der Waals surface area (Å²) in [7, 11) is 0. The predicted molar refractivity (Wildman–Crippen MR) is 142 cm³/mol. The number of hydrogen-bond acceptors (Lipinski definition) is 7. The minimum atomic E-state index is -0.0829. The van der Waals surface area contributed by atoms with Gasteiger partial charge in [0.25, 0.3) is 0 Å². The molecule has 0 fully saturated rings. The number of rotatable bonds is 14. The van der Waals surface area contributed by atoms with Crippen LogP contribution in [0.25, 0.3) is 0 Å². The lowest BCUT2D eigenvalue weighted by Crippen LogP contribution is -2.13. The van der Waals surface area contributed by atoms with Crippen molar-refractivity contribution in [1.29, 1.82) is 0 Å². The normalized spacial score (nSPS) is 11.9. The fourth-order valence-electron chi connectivity index (χ4n) is 3.06. The molecular formula is C26H36N6OS. The molecule has 0 unspecified atom stereocenters. The molecule has 1 amide bonds. The molecule has 0 aliphatic rings. The zero-order valence-corrected chi connectivity index (χ0v) is 21.6. The Bertz CT molecular complexity index is 1040. The van der Waals surface area contributed by atoms with Crippen LogP contribution in [0.3, 0.4) is 0 Å². The molecule has 8 heteroatoms. The van der Waals surface area contributed by atoms with E-state index in [0.717, 1.165) is 64.8 Å². The summed E-state index contributed by atoms with van der Waals surface area (Å²) in [6, 6.07) is 3.71. The van der Waals surface area contributed by atoms with E-state index >= 15 is 0 Å². The van der Waals surface area contributed by atoms with E-state index in [1.165, 1.54) is 5.57 Å². The summed E-state index contributed by atoms with van der Waals surface area (Å²) in [6.45, 7) is 16.3. The summed E-state index contributed by atoms with van der Waals surface area (Å²) in [5, 5.41) is 24.6. The van der Waals surface area contributed by atoms with Crippen molar-refractivity contribution in [2.75, 3.05) is 10.6 Å². The van der Waals surface area contributed by atoms with Crippen LogP contribution < -0.4 is 10.6 Å². The second-order valence-electron chi connectivity index (χ2n) is 8.39. The van der Waals surface area contributed by atoms with Gasteiger partial charge in [0, 0.05) is 25.0 Å². The first kappa shape index (κ1) is 27.1. The third-order valence-corrected chi connectivity index (χ3v) is 6.09. The number of nitrogens with zero attached hydrogens (tertiary/aromatic N) is 4. The maximum atomic E-state index is 11.9. The van der Waals surface area contributed by atoms with Gasteiger partial charge in [0.2, 0.25) is 11.0 Å². The highest BCUT2D eigenvalue weighted by Gasteiger charge is 2.07. The van der Waals surface area contributed by atoms with Crippen molar-refractivity contribution in [3.63, 3.8) is 0 Å². The van der Waals surface area contributed by atoms with Gasteiger partial charge >= 0.3 is 0 Å². The molecule has 0 aliphatic heterocycles. The van der Waals surface area contributed by atoms with E-state index in [9.17, 15) is 4.79 Å².